The van der Waals surface area contributed by atoms with Crippen molar-refractivity contribution in [2.24, 2.45) is 5.92 Å². The smallest absolute Gasteiger partial charge is 0.223 e. The zero-order chi connectivity index (χ0) is 13.2. The van der Waals surface area contributed by atoms with Crippen molar-refractivity contribution in [1.29, 1.82) is 0 Å². The van der Waals surface area contributed by atoms with Crippen LogP contribution < -0.4 is 0 Å². The first kappa shape index (κ1) is 13.0. The number of aromatic nitrogens is 2. The fourth-order valence-corrected chi connectivity index (χ4v) is 2.18. The van der Waals surface area contributed by atoms with Gasteiger partial charge in [-0.1, -0.05) is 6.92 Å². The summed E-state index contributed by atoms with van der Waals surface area (Å²) in [6, 6.07) is 0. The van der Waals surface area contributed by atoms with Crippen LogP contribution in [0.5, 0.6) is 0 Å². The predicted octanol–water partition coefficient (Wildman–Crippen LogP) is 0.639. The first-order valence-corrected chi connectivity index (χ1v) is 6.24. The van der Waals surface area contributed by atoms with E-state index in [-0.39, 0.29) is 11.8 Å². The van der Waals surface area contributed by atoms with Crippen molar-refractivity contribution in [2.45, 2.75) is 32.3 Å². The Labute approximate surface area is 107 Å². The Morgan fingerprint density at radius 2 is 2.39 bits per heavy atom. The number of β-amino-alcohol motifs (C(OH)–C–C–N with tert-alkyl or cyclic N) is 1. The van der Waals surface area contributed by atoms with Gasteiger partial charge in [-0.15, -0.1) is 0 Å². The SMILES string of the molecule is C[C@@H]1CN(C(=O)CCc2cnccn2)C[C@]1(C)O. The average molecular weight is 249 g/mol. The van der Waals surface area contributed by atoms with Gasteiger partial charge < -0.3 is 10.0 Å². The van der Waals surface area contributed by atoms with E-state index in [1.807, 2.05) is 6.92 Å². The van der Waals surface area contributed by atoms with Gasteiger partial charge in [-0.3, -0.25) is 14.8 Å². The van der Waals surface area contributed by atoms with Crippen LogP contribution in [0.15, 0.2) is 18.6 Å². The highest BCUT2D eigenvalue weighted by Gasteiger charge is 2.40. The molecular formula is C13H19N3O2. The van der Waals surface area contributed by atoms with E-state index in [9.17, 15) is 9.90 Å². The summed E-state index contributed by atoms with van der Waals surface area (Å²) in [6.07, 6.45) is 5.93. The molecule has 1 aliphatic rings. The molecule has 1 aromatic rings. The lowest BCUT2D eigenvalue weighted by Crippen LogP contribution is -2.35. The van der Waals surface area contributed by atoms with Crippen LogP contribution in [0.4, 0.5) is 0 Å². The Balaban J connectivity index is 1.87. The zero-order valence-electron chi connectivity index (χ0n) is 10.8. The third-order valence-electron chi connectivity index (χ3n) is 3.63. The quantitative estimate of drug-likeness (QED) is 0.853. The second-order valence-electron chi connectivity index (χ2n) is 5.23. The standard InChI is InChI=1S/C13H19N3O2/c1-10-8-16(9-13(10,2)18)12(17)4-3-11-7-14-5-6-15-11/h5-7,10,18H,3-4,8-9H2,1-2H3/t10-,13+/m1/s1. The summed E-state index contributed by atoms with van der Waals surface area (Å²) in [5, 5.41) is 10.1. The Kier molecular flexibility index (Phi) is 3.61. The summed E-state index contributed by atoms with van der Waals surface area (Å²) in [5.74, 6) is 0.197. The Bertz CT molecular complexity index is 420. The summed E-state index contributed by atoms with van der Waals surface area (Å²) in [7, 11) is 0. The molecule has 5 nitrogen and oxygen atoms in total. The second-order valence-corrected chi connectivity index (χ2v) is 5.23. The normalized spacial score (nSPS) is 27.5. The van der Waals surface area contributed by atoms with E-state index in [4.69, 9.17) is 0 Å². The monoisotopic (exact) mass is 249 g/mol. The second kappa shape index (κ2) is 5.02. The van der Waals surface area contributed by atoms with Crippen LogP contribution in [0.3, 0.4) is 0 Å². The molecular weight excluding hydrogens is 230 g/mol. The number of hydrogen-bond donors (Lipinski definition) is 1. The summed E-state index contributed by atoms with van der Waals surface area (Å²) in [6.45, 7) is 4.81. The molecule has 1 aliphatic heterocycles. The molecule has 2 atom stereocenters. The number of nitrogens with zero attached hydrogens (tertiary/aromatic N) is 3. The first-order chi connectivity index (χ1) is 8.49. The molecule has 0 aromatic carbocycles. The van der Waals surface area contributed by atoms with E-state index in [2.05, 4.69) is 9.97 Å². The Morgan fingerprint density at radius 1 is 1.61 bits per heavy atom. The van der Waals surface area contributed by atoms with Crippen LogP contribution in [-0.2, 0) is 11.2 Å². The van der Waals surface area contributed by atoms with Gasteiger partial charge in [0.25, 0.3) is 0 Å². The van der Waals surface area contributed by atoms with Crippen molar-refractivity contribution in [1.82, 2.24) is 14.9 Å². The minimum absolute atomic E-state index is 0.0743. The molecule has 0 aliphatic carbocycles. The number of aliphatic hydroxyl groups is 1. The first-order valence-electron chi connectivity index (χ1n) is 6.24. The fourth-order valence-electron chi connectivity index (χ4n) is 2.18. The minimum atomic E-state index is -0.762. The van der Waals surface area contributed by atoms with Crippen LogP contribution in [-0.4, -0.2) is 44.6 Å². The van der Waals surface area contributed by atoms with Gasteiger partial charge >= 0.3 is 0 Å². The van der Waals surface area contributed by atoms with E-state index in [0.717, 1.165) is 5.69 Å². The third-order valence-corrected chi connectivity index (χ3v) is 3.63. The van der Waals surface area contributed by atoms with Crippen LogP contribution in [0.25, 0.3) is 0 Å². The van der Waals surface area contributed by atoms with E-state index < -0.39 is 5.60 Å². The molecule has 0 radical (unpaired) electrons. The van der Waals surface area contributed by atoms with Gasteiger partial charge in [0.15, 0.2) is 0 Å². The van der Waals surface area contributed by atoms with Crippen molar-refractivity contribution in [3.05, 3.63) is 24.3 Å². The fraction of sp³-hybridized carbons (Fsp3) is 0.615. The van der Waals surface area contributed by atoms with Crippen molar-refractivity contribution in [3.63, 3.8) is 0 Å². The molecule has 0 bridgehead atoms. The largest absolute Gasteiger partial charge is 0.388 e. The summed E-state index contributed by atoms with van der Waals surface area (Å²) >= 11 is 0. The summed E-state index contributed by atoms with van der Waals surface area (Å²) < 4.78 is 0. The number of carbonyl (C=O) groups is 1. The highest BCUT2D eigenvalue weighted by molar-refractivity contribution is 5.76. The lowest BCUT2D eigenvalue weighted by molar-refractivity contribution is -0.131. The lowest BCUT2D eigenvalue weighted by atomic mass is 9.95. The average Bonchev–Trinajstić information content (AvgIpc) is 2.62. The number of rotatable bonds is 3. The molecule has 2 rings (SSSR count). The number of carbonyl (C=O) groups excluding carboxylic acids is 1. The van der Waals surface area contributed by atoms with Gasteiger partial charge in [0, 0.05) is 44.0 Å². The van der Waals surface area contributed by atoms with Crippen molar-refractivity contribution >= 4 is 5.91 Å². The number of aryl methyl sites for hydroxylation is 1. The van der Waals surface area contributed by atoms with Crippen molar-refractivity contribution < 1.29 is 9.90 Å². The van der Waals surface area contributed by atoms with Crippen LogP contribution >= 0.6 is 0 Å². The molecule has 1 saturated heterocycles. The summed E-state index contributed by atoms with van der Waals surface area (Å²) in [5.41, 5.74) is 0.0622. The molecule has 18 heavy (non-hydrogen) atoms. The maximum Gasteiger partial charge on any atom is 0.223 e. The van der Waals surface area contributed by atoms with Crippen molar-refractivity contribution in [2.75, 3.05) is 13.1 Å². The highest BCUT2D eigenvalue weighted by Crippen LogP contribution is 2.27. The van der Waals surface area contributed by atoms with E-state index >= 15 is 0 Å². The molecule has 1 fully saturated rings. The minimum Gasteiger partial charge on any atom is -0.388 e. The highest BCUT2D eigenvalue weighted by atomic mass is 16.3. The molecule has 0 unspecified atom stereocenters. The molecule has 98 valence electrons. The third kappa shape index (κ3) is 2.85. The predicted molar refractivity (Wildman–Crippen MR) is 66.7 cm³/mol. The van der Waals surface area contributed by atoms with Gasteiger partial charge in [0.05, 0.1) is 11.3 Å². The number of hydrogen-bond acceptors (Lipinski definition) is 4. The van der Waals surface area contributed by atoms with Crippen LogP contribution in [0.2, 0.25) is 0 Å². The summed E-state index contributed by atoms with van der Waals surface area (Å²) in [4.78, 5) is 21.9. The van der Waals surface area contributed by atoms with E-state index in [0.29, 0.717) is 25.9 Å². The molecule has 2 heterocycles. The Morgan fingerprint density at radius 3 is 2.94 bits per heavy atom. The molecule has 5 heteroatoms. The number of amides is 1. The van der Waals surface area contributed by atoms with Gasteiger partial charge in [-0.05, 0) is 13.3 Å². The maximum atomic E-state index is 12.0. The molecule has 0 spiro atoms. The molecule has 1 amide bonds. The zero-order valence-corrected chi connectivity index (χ0v) is 10.8. The van der Waals surface area contributed by atoms with E-state index in [1.165, 1.54) is 0 Å². The van der Waals surface area contributed by atoms with Gasteiger partial charge in [-0.25, -0.2) is 0 Å². The topological polar surface area (TPSA) is 66.3 Å². The number of likely N-dealkylation sites (tertiary alicyclic amines) is 1. The molecule has 1 aromatic heterocycles. The molecule has 0 saturated carbocycles. The van der Waals surface area contributed by atoms with Crippen LogP contribution in [0, 0.1) is 5.92 Å². The van der Waals surface area contributed by atoms with E-state index in [1.54, 1.807) is 30.4 Å². The van der Waals surface area contributed by atoms with Crippen molar-refractivity contribution in [3.8, 4) is 0 Å². The van der Waals surface area contributed by atoms with Gasteiger partial charge in [0.1, 0.15) is 0 Å². The lowest BCUT2D eigenvalue weighted by Gasteiger charge is -2.20. The maximum absolute atomic E-state index is 12.0. The molecule has 1 N–H and O–H groups in total. The van der Waals surface area contributed by atoms with Gasteiger partial charge in [-0.2, -0.15) is 0 Å². The Hall–Kier alpha value is -1.49. The van der Waals surface area contributed by atoms with Crippen LogP contribution in [0.1, 0.15) is 26.0 Å². The van der Waals surface area contributed by atoms with Gasteiger partial charge in [0.2, 0.25) is 5.91 Å².